The largest absolute Gasteiger partial charge is 0.399 e. The van der Waals surface area contributed by atoms with Crippen LogP contribution in [0.4, 0.5) is 15.8 Å². The number of aryl methyl sites for hydroxylation is 1. The van der Waals surface area contributed by atoms with E-state index in [-0.39, 0.29) is 11.3 Å². The molecule has 1 amide bonds. The van der Waals surface area contributed by atoms with Gasteiger partial charge in [-0.3, -0.25) is 4.79 Å². The van der Waals surface area contributed by atoms with Crippen LogP contribution in [-0.2, 0) is 0 Å². The summed E-state index contributed by atoms with van der Waals surface area (Å²) in [5.41, 5.74) is 7.17. The third kappa shape index (κ3) is 3.03. The van der Waals surface area contributed by atoms with E-state index in [1.54, 1.807) is 18.2 Å². The number of carbonyl (C=O) groups is 1. The number of benzene rings is 2. The molecular formula is C14H12ClFN2O. The first-order valence-electron chi connectivity index (χ1n) is 5.60. The van der Waals surface area contributed by atoms with Gasteiger partial charge in [0.25, 0.3) is 5.91 Å². The zero-order valence-corrected chi connectivity index (χ0v) is 11.0. The summed E-state index contributed by atoms with van der Waals surface area (Å²) in [4.78, 5) is 12.0. The topological polar surface area (TPSA) is 55.1 Å². The summed E-state index contributed by atoms with van der Waals surface area (Å²) in [6.45, 7) is 1.87. The van der Waals surface area contributed by atoms with E-state index in [2.05, 4.69) is 5.32 Å². The minimum atomic E-state index is -0.550. The van der Waals surface area contributed by atoms with E-state index in [1.165, 1.54) is 18.2 Å². The molecular weight excluding hydrogens is 267 g/mol. The second-order valence-electron chi connectivity index (χ2n) is 4.18. The fourth-order valence-corrected chi connectivity index (χ4v) is 1.95. The first-order valence-corrected chi connectivity index (χ1v) is 5.97. The van der Waals surface area contributed by atoms with Crippen LogP contribution in [0, 0.1) is 12.7 Å². The minimum Gasteiger partial charge on any atom is -0.399 e. The van der Waals surface area contributed by atoms with Crippen molar-refractivity contribution in [3.8, 4) is 0 Å². The van der Waals surface area contributed by atoms with Crippen LogP contribution in [0.2, 0.25) is 5.02 Å². The van der Waals surface area contributed by atoms with Gasteiger partial charge in [0.05, 0.1) is 16.3 Å². The van der Waals surface area contributed by atoms with Crippen molar-refractivity contribution >= 4 is 28.9 Å². The number of nitrogen functional groups attached to an aromatic ring is 1. The quantitative estimate of drug-likeness (QED) is 0.824. The van der Waals surface area contributed by atoms with Crippen LogP contribution in [0.15, 0.2) is 36.4 Å². The van der Waals surface area contributed by atoms with Gasteiger partial charge in [-0.05, 0) is 42.8 Å². The Kier molecular flexibility index (Phi) is 3.71. The highest BCUT2D eigenvalue weighted by atomic mass is 35.5. The lowest BCUT2D eigenvalue weighted by Crippen LogP contribution is -2.13. The van der Waals surface area contributed by atoms with Crippen LogP contribution >= 0.6 is 11.6 Å². The molecule has 2 aromatic carbocycles. The summed E-state index contributed by atoms with van der Waals surface area (Å²) in [6, 6.07) is 9.00. The van der Waals surface area contributed by atoms with E-state index in [9.17, 15) is 9.18 Å². The molecule has 0 unspecified atom stereocenters. The number of halogens is 2. The Hall–Kier alpha value is -2.07. The Morgan fingerprint density at radius 2 is 2.00 bits per heavy atom. The molecule has 0 saturated heterocycles. The molecule has 5 heteroatoms. The predicted octanol–water partition coefficient (Wildman–Crippen LogP) is 3.62. The van der Waals surface area contributed by atoms with Gasteiger partial charge in [-0.15, -0.1) is 0 Å². The van der Waals surface area contributed by atoms with Crippen molar-refractivity contribution in [2.24, 2.45) is 0 Å². The number of amides is 1. The summed E-state index contributed by atoms with van der Waals surface area (Å²) in [6.07, 6.45) is 0. The molecule has 19 heavy (non-hydrogen) atoms. The lowest BCUT2D eigenvalue weighted by Gasteiger charge is -2.09. The summed E-state index contributed by atoms with van der Waals surface area (Å²) in [7, 11) is 0. The molecule has 0 radical (unpaired) electrons. The van der Waals surface area contributed by atoms with E-state index < -0.39 is 11.7 Å². The predicted molar refractivity (Wildman–Crippen MR) is 75.0 cm³/mol. The van der Waals surface area contributed by atoms with E-state index >= 15 is 0 Å². The van der Waals surface area contributed by atoms with Crippen LogP contribution in [0.25, 0.3) is 0 Å². The Morgan fingerprint density at radius 3 is 2.68 bits per heavy atom. The lowest BCUT2D eigenvalue weighted by molar-refractivity contribution is 0.102. The molecule has 0 aliphatic carbocycles. The molecule has 3 N–H and O–H groups in total. The van der Waals surface area contributed by atoms with Gasteiger partial charge < -0.3 is 11.1 Å². The highest BCUT2D eigenvalue weighted by Crippen LogP contribution is 2.21. The zero-order chi connectivity index (χ0) is 14.0. The van der Waals surface area contributed by atoms with Gasteiger partial charge in [0, 0.05) is 5.69 Å². The first kappa shape index (κ1) is 13.4. The number of nitrogens with two attached hydrogens (primary N) is 1. The van der Waals surface area contributed by atoms with E-state index in [4.69, 9.17) is 17.3 Å². The first-order chi connectivity index (χ1) is 8.97. The Bertz CT molecular complexity index is 643. The van der Waals surface area contributed by atoms with Gasteiger partial charge in [-0.25, -0.2) is 4.39 Å². The van der Waals surface area contributed by atoms with Crippen molar-refractivity contribution < 1.29 is 9.18 Å². The van der Waals surface area contributed by atoms with Crippen LogP contribution in [0.1, 0.15) is 15.9 Å². The van der Waals surface area contributed by atoms with Crippen molar-refractivity contribution in [3.63, 3.8) is 0 Å². The highest BCUT2D eigenvalue weighted by Gasteiger charge is 2.12. The summed E-state index contributed by atoms with van der Waals surface area (Å²) < 4.78 is 13.5. The average Bonchev–Trinajstić information content (AvgIpc) is 2.33. The SMILES string of the molecule is Cc1ccc(C(=O)Nc2cc(N)ccc2F)c(Cl)c1. The van der Waals surface area contributed by atoms with Crippen molar-refractivity contribution in [2.75, 3.05) is 11.1 Å². The molecule has 0 bridgehead atoms. The second-order valence-corrected chi connectivity index (χ2v) is 4.58. The molecule has 0 spiro atoms. The second kappa shape index (κ2) is 5.28. The fraction of sp³-hybridized carbons (Fsp3) is 0.0714. The van der Waals surface area contributed by atoms with Gasteiger partial charge in [0.15, 0.2) is 0 Å². The van der Waals surface area contributed by atoms with E-state index in [0.717, 1.165) is 5.56 Å². The molecule has 98 valence electrons. The summed E-state index contributed by atoms with van der Waals surface area (Å²) >= 11 is 5.98. The van der Waals surface area contributed by atoms with Gasteiger partial charge in [0.2, 0.25) is 0 Å². The third-order valence-corrected chi connectivity index (χ3v) is 2.92. The van der Waals surface area contributed by atoms with Crippen molar-refractivity contribution in [3.05, 3.63) is 58.4 Å². The molecule has 0 heterocycles. The number of hydrogen-bond donors (Lipinski definition) is 2. The normalized spacial score (nSPS) is 10.3. The maximum Gasteiger partial charge on any atom is 0.257 e. The van der Waals surface area contributed by atoms with Crippen LogP contribution in [0.3, 0.4) is 0 Å². The molecule has 0 fully saturated rings. The van der Waals surface area contributed by atoms with E-state index in [1.807, 2.05) is 6.92 Å². The number of nitrogens with one attached hydrogen (secondary N) is 1. The minimum absolute atomic E-state index is 0.0293. The van der Waals surface area contributed by atoms with Crippen molar-refractivity contribution in [2.45, 2.75) is 6.92 Å². The number of anilines is 2. The smallest absolute Gasteiger partial charge is 0.257 e. The summed E-state index contributed by atoms with van der Waals surface area (Å²) in [5.74, 6) is -1.03. The monoisotopic (exact) mass is 278 g/mol. The fourth-order valence-electron chi connectivity index (χ4n) is 1.63. The van der Waals surface area contributed by atoms with Gasteiger partial charge in [-0.1, -0.05) is 17.7 Å². The van der Waals surface area contributed by atoms with E-state index in [0.29, 0.717) is 10.7 Å². The molecule has 0 saturated carbocycles. The zero-order valence-electron chi connectivity index (χ0n) is 10.2. The summed E-state index contributed by atoms with van der Waals surface area (Å²) in [5, 5.41) is 2.77. The molecule has 0 atom stereocenters. The number of rotatable bonds is 2. The Labute approximate surface area is 115 Å². The molecule has 0 aliphatic rings. The van der Waals surface area contributed by atoms with Crippen molar-refractivity contribution in [1.82, 2.24) is 0 Å². The lowest BCUT2D eigenvalue weighted by atomic mass is 10.1. The standard InChI is InChI=1S/C14H12ClFN2O/c1-8-2-4-10(11(15)6-8)14(19)18-13-7-9(17)3-5-12(13)16/h2-7H,17H2,1H3,(H,18,19). The Balaban J connectivity index is 2.28. The maximum atomic E-state index is 13.5. The van der Waals surface area contributed by atoms with Gasteiger partial charge in [0.1, 0.15) is 5.82 Å². The van der Waals surface area contributed by atoms with Gasteiger partial charge in [-0.2, -0.15) is 0 Å². The molecule has 0 aliphatic heterocycles. The Morgan fingerprint density at radius 1 is 1.26 bits per heavy atom. The number of carbonyl (C=O) groups excluding carboxylic acids is 1. The highest BCUT2D eigenvalue weighted by molar-refractivity contribution is 6.34. The molecule has 2 rings (SSSR count). The van der Waals surface area contributed by atoms with Crippen LogP contribution < -0.4 is 11.1 Å². The van der Waals surface area contributed by atoms with Crippen LogP contribution in [0.5, 0.6) is 0 Å². The van der Waals surface area contributed by atoms with Gasteiger partial charge >= 0.3 is 0 Å². The van der Waals surface area contributed by atoms with Crippen molar-refractivity contribution in [1.29, 1.82) is 0 Å². The number of hydrogen-bond acceptors (Lipinski definition) is 2. The third-order valence-electron chi connectivity index (χ3n) is 2.61. The maximum absolute atomic E-state index is 13.5. The molecule has 2 aromatic rings. The molecule has 3 nitrogen and oxygen atoms in total. The van der Waals surface area contributed by atoms with Crippen LogP contribution in [-0.4, -0.2) is 5.91 Å². The average molecular weight is 279 g/mol. The molecule has 0 aromatic heterocycles.